The van der Waals surface area contributed by atoms with Crippen molar-refractivity contribution in [2.24, 2.45) is 0 Å². The lowest BCUT2D eigenvalue weighted by Crippen LogP contribution is -2.37. The molecule has 0 aromatic heterocycles. The molecule has 1 heteroatoms. The van der Waals surface area contributed by atoms with Crippen LogP contribution in [-0.2, 0) is 0 Å². The van der Waals surface area contributed by atoms with E-state index in [0.717, 1.165) is 12.1 Å². The molecular weight excluding hydrogens is 158 g/mol. The Morgan fingerprint density at radius 1 is 1.23 bits per heavy atom. The van der Waals surface area contributed by atoms with Crippen LogP contribution in [0.15, 0.2) is 0 Å². The molecular formula is C12H25N. The minimum absolute atomic E-state index is 0.850. The van der Waals surface area contributed by atoms with E-state index in [1.165, 1.54) is 45.1 Å². The quantitative estimate of drug-likeness (QED) is 0.631. The second kappa shape index (κ2) is 5.64. The van der Waals surface area contributed by atoms with Crippen molar-refractivity contribution in [1.82, 2.24) is 4.90 Å². The van der Waals surface area contributed by atoms with Crippen molar-refractivity contribution in [3.63, 3.8) is 0 Å². The van der Waals surface area contributed by atoms with E-state index in [1.54, 1.807) is 0 Å². The SMILES string of the molecule is CCCC(CCC)N1CCCC1C. The zero-order valence-corrected chi connectivity index (χ0v) is 9.55. The normalized spacial score (nSPS) is 24.5. The highest BCUT2D eigenvalue weighted by atomic mass is 15.2. The molecule has 1 atom stereocenters. The lowest BCUT2D eigenvalue weighted by molar-refractivity contribution is 0.169. The van der Waals surface area contributed by atoms with E-state index in [9.17, 15) is 0 Å². The summed E-state index contributed by atoms with van der Waals surface area (Å²) in [6.07, 6.45) is 8.33. The summed E-state index contributed by atoms with van der Waals surface area (Å²) in [6.45, 7) is 8.37. The van der Waals surface area contributed by atoms with Crippen LogP contribution in [0.1, 0.15) is 59.3 Å². The van der Waals surface area contributed by atoms with E-state index in [-0.39, 0.29) is 0 Å². The Balaban J connectivity index is 2.42. The lowest BCUT2D eigenvalue weighted by atomic mass is 10.0. The Morgan fingerprint density at radius 3 is 2.23 bits per heavy atom. The highest BCUT2D eigenvalue weighted by molar-refractivity contribution is 4.81. The predicted octanol–water partition coefficient (Wildman–Crippen LogP) is 3.44. The molecule has 1 aliphatic rings. The fraction of sp³-hybridized carbons (Fsp3) is 1.00. The van der Waals surface area contributed by atoms with E-state index in [0.29, 0.717) is 0 Å². The van der Waals surface area contributed by atoms with E-state index in [2.05, 4.69) is 25.7 Å². The Labute approximate surface area is 83.5 Å². The molecule has 0 radical (unpaired) electrons. The van der Waals surface area contributed by atoms with Gasteiger partial charge in [0, 0.05) is 12.1 Å². The van der Waals surface area contributed by atoms with Crippen LogP contribution >= 0.6 is 0 Å². The fourth-order valence-corrected chi connectivity index (χ4v) is 2.64. The monoisotopic (exact) mass is 183 g/mol. The van der Waals surface area contributed by atoms with Crippen molar-refractivity contribution in [2.75, 3.05) is 6.54 Å². The number of hydrogen-bond donors (Lipinski definition) is 0. The Morgan fingerprint density at radius 2 is 1.85 bits per heavy atom. The first-order valence-corrected chi connectivity index (χ1v) is 6.05. The zero-order chi connectivity index (χ0) is 9.68. The van der Waals surface area contributed by atoms with E-state index < -0.39 is 0 Å². The molecule has 0 aromatic rings. The average Bonchev–Trinajstić information content (AvgIpc) is 2.51. The Hall–Kier alpha value is -0.0400. The third-order valence-electron chi connectivity index (χ3n) is 3.32. The van der Waals surface area contributed by atoms with Crippen LogP contribution in [0.3, 0.4) is 0 Å². The summed E-state index contributed by atoms with van der Waals surface area (Å²) in [4.78, 5) is 2.74. The third kappa shape index (κ3) is 2.98. The predicted molar refractivity (Wildman–Crippen MR) is 59.0 cm³/mol. The smallest absolute Gasteiger partial charge is 0.00978 e. The fourth-order valence-electron chi connectivity index (χ4n) is 2.64. The van der Waals surface area contributed by atoms with Crippen LogP contribution in [0.2, 0.25) is 0 Å². The van der Waals surface area contributed by atoms with Crippen molar-refractivity contribution in [2.45, 2.75) is 71.4 Å². The van der Waals surface area contributed by atoms with Crippen molar-refractivity contribution >= 4 is 0 Å². The Kier molecular flexibility index (Phi) is 4.79. The Bertz CT molecular complexity index is 127. The summed E-state index contributed by atoms with van der Waals surface area (Å²) in [5, 5.41) is 0. The second-order valence-electron chi connectivity index (χ2n) is 4.46. The maximum Gasteiger partial charge on any atom is 0.00978 e. The molecule has 0 spiro atoms. The average molecular weight is 183 g/mol. The molecule has 0 aliphatic carbocycles. The molecule has 1 aliphatic heterocycles. The van der Waals surface area contributed by atoms with Gasteiger partial charge in [0.15, 0.2) is 0 Å². The maximum absolute atomic E-state index is 2.74. The molecule has 1 fully saturated rings. The summed E-state index contributed by atoms with van der Waals surface area (Å²) >= 11 is 0. The second-order valence-corrected chi connectivity index (χ2v) is 4.46. The van der Waals surface area contributed by atoms with Gasteiger partial charge in [-0.1, -0.05) is 26.7 Å². The van der Waals surface area contributed by atoms with Gasteiger partial charge in [0.25, 0.3) is 0 Å². The van der Waals surface area contributed by atoms with Crippen molar-refractivity contribution in [1.29, 1.82) is 0 Å². The molecule has 0 amide bonds. The first kappa shape index (κ1) is 11.0. The summed E-state index contributed by atoms with van der Waals surface area (Å²) in [5.74, 6) is 0. The van der Waals surface area contributed by atoms with Gasteiger partial charge in [0.05, 0.1) is 0 Å². The molecule has 1 unspecified atom stereocenters. The largest absolute Gasteiger partial charge is 0.298 e. The van der Waals surface area contributed by atoms with Gasteiger partial charge < -0.3 is 0 Å². The molecule has 78 valence electrons. The van der Waals surface area contributed by atoms with Gasteiger partial charge in [-0.25, -0.2) is 0 Å². The standard InChI is InChI=1S/C12H25N/c1-4-7-12(8-5-2)13-10-6-9-11(13)3/h11-12H,4-10H2,1-3H3. The van der Waals surface area contributed by atoms with Crippen LogP contribution in [-0.4, -0.2) is 23.5 Å². The minimum Gasteiger partial charge on any atom is -0.298 e. The number of nitrogens with zero attached hydrogens (tertiary/aromatic N) is 1. The van der Waals surface area contributed by atoms with Crippen molar-refractivity contribution in [3.05, 3.63) is 0 Å². The molecule has 1 heterocycles. The van der Waals surface area contributed by atoms with Crippen molar-refractivity contribution in [3.8, 4) is 0 Å². The molecule has 13 heavy (non-hydrogen) atoms. The molecule has 0 bridgehead atoms. The summed E-state index contributed by atoms with van der Waals surface area (Å²) in [6, 6.07) is 1.73. The van der Waals surface area contributed by atoms with E-state index in [1.807, 2.05) is 0 Å². The van der Waals surface area contributed by atoms with Crippen molar-refractivity contribution < 1.29 is 0 Å². The van der Waals surface area contributed by atoms with Crippen LogP contribution < -0.4 is 0 Å². The van der Waals surface area contributed by atoms with E-state index in [4.69, 9.17) is 0 Å². The van der Waals surface area contributed by atoms with Gasteiger partial charge in [-0.15, -0.1) is 0 Å². The summed E-state index contributed by atoms with van der Waals surface area (Å²) in [7, 11) is 0. The maximum atomic E-state index is 2.74. The summed E-state index contributed by atoms with van der Waals surface area (Å²) in [5.41, 5.74) is 0. The molecule has 0 N–H and O–H groups in total. The van der Waals surface area contributed by atoms with Gasteiger partial charge in [-0.05, 0) is 39.2 Å². The first-order chi connectivity index (χ1) is 6.29. The van der Waals surface area contributed by atoms with Gasteiger partial charge in [-0.2, -0.15) is 0 Å². The first-order valence-electron chi connectivity index (χ1n) is 6.05. The van der Waals surface area contributed by atoms with Gasteiger partial charge in [0.1, 0.15) is 0 Å². The van der Waals surface area contributed by atoms with Gasteiger partial charge >= 0.3 is 0 Å². The third-order valence-corrected chi connectivity index (χ3v) is 3.32. The molecule has 1 saturated heterocycles. The molecule has 1 nitrogen and oxygen atoms in total. The summed E-state index contributed by atoms with van der Waals surface area (Å²) < 4.78 is 0. The van der Waals surface area contributed by atoms with Crippen LogP contribution in [0, 0.1) is 0 Å². The van der Waals surface area contributed by atoms with Gasteiger partial charge in [-0.3, -0.25) is 4.90 Å². The van der Waals surface area contributed by atoms with Crippen LogP contribution in [0.4, 0.5) is 0 Å². The molecule has 0 saturated carbocycles. The van der Waals surface area contributed by atoms with Gasteiger partial charge in [0.2, 0.25) is 0 Å². The molecule has 0 aromatic carbocycles. The highest BCUT2D eigenvalue weighted by Gasteiger charge is 2.26. The molecule has 1 rings (SSSR count). The van der Waals surface area contributed by atoms with E-state index >= 15 is 0 Å². The zero-order valence-electron chi connectivity index (χ0n) is 9.55. The topological polar surface area (TPSA) is 3.24 Å². The van der Waals surface area contributed by atoms with Crippen LogP contribution in [0.5, 0.6) is 0 Å². The number of rotatable bonds is 5. The highest BCUT2D eigenvalue weighted by Crippen LogP contribution is 2.24. The number of likely N-dealkylation sites (tertiary alicyclic amines) is 1. The number of hydrogen-bond acceptors (Lipinski definition) is 1. The minimum atomic E-state index is 0.850. The lowest BCUT2D eigenvalue weighted by Gasteiger charge is -2.31. The van der Waals surface area contributed by atoms with Crippen LogP contribution in [0.25, 0.3) is 0 Å².